The van der Waals surface area contributed by atoms with Crippen LogP contribution in [0.4, 0.5) is 0 Å². The molecule has 0 amide bonds. The van der Waals surface area contributed by atoms with Gasteiger partial charge in [0.25, 0.3) is 0 Å². The van der Waals surface area contributed by atoms with Crippen molar-refractivity contribution < 1.29 is 24.9 Å². The summed E-state index contributed by atoms with van der Waals surface area (Å²) in [6, 6.07) is 0. The van der Waals surface area contributed by atoms with Crippen molar-refractivity contribution in [3.8, 4) is 0 Å². The van der Waals surface area contributed by atoms with Gasteiger partial charge in [0.1, 0.15) is 0 Å². The van der Waals surface area contributed by atoms with Gasteiger partial charge in [-0.15, -0.1) is 0 Å². The molecule has 1 aliphatic heterocycles. The Hall–Kier alpha value is -0.650. The Kier molecular flexibility index (Phi) is 2.95. The van der Waals surface area contributed by atoms with Gasteiger partial charge in [0.05, 0.1) is 24.7 Å². The predicted octanol–water partition coefficient (Wildman–Crippen LogP) is -0.392. The number of carboxylic acid groups (broad SMARTS) is 1. The van der Waals surface area contributed by atoms with Crippen LogP contribution in [0.2, 0.25) is 0 Å². The smallest absolute Gasteiger partial charge is 0.305 e. The van der Waals surface area contributed by atoms with Crippen molar-refractivity contribution in [1.29, 1.82) is 0 Å². The van der Waals surface area contributed by atoms with Crippen molar-refractivity contribution in [1.82, 2.24) is 0 Å². The minimum absolute atomic E-state index is 0.0151. The van der Waals surface area contributed by atoms with Crippen LogP contribution >= 0.6 is 0 Å². The van der Waals surface area contributed by atoms with Gasteiger partial charge in [-0.2, -0.15) is 0 Å². The summed E-state index contributed by atoms with van der Waals surface area (Å²) in [4.78, 5) is 10.5. The average molecular weight is 216 g/mol. The summed E-state index contributed by atoms with van der Waals surface area (Å²) in [5, 5.41) is 27.4. The summed E-state index contributed by atoms with van der Waals surface area (Å²) < 4.78 is 5.55. The summed E-state index contributed by atoms with van der Waals surface area (Å²) >= 11 is 0. The molecule has 1 heterocycles. The van der Waals surface area contributed by atoms with Gasteiger partial charge in [-0.3, -0.25) is 4.79 Å². The highest BCUT2D eigenvalue weighted by molar-refractivity contribution is 5.67. The highest BCUT2D eigenvalue weighted by Gasteiger charge is 2.48. The number of hydrogen-bond donors (Lipinski definition) is 3. The highest BCUT2D eigenvalue weighted by Crippen LogP contribution is 2.43. The van der Waals surface area contributed by atoms with Gasteiger partial charge in [-0.05, 0) is 12.3 Å². The first-order valence-corrected chi connectivity index (χ1v) is 5.28. The maximum absolute atomic E-state index is 10.5. The Bertz CT molecular complexity index is 254. The van der Waals surface area contributed by atoms with Crippen molar-refractivity contribution in [2.45, 2.75) is 37.6 Å². The number of carboxylic acids is 1. The monoisotopic (exact) mass is 216 g/mol. The second-order valence-corrected chi connectivity index (χ2v) is 4.44. The molecule has 0 aromatic carbocycles. The number of aliphatic carboxylic acids is 1. The fourth-order valence-electron chi connectivity index (χ4n) is 2.82. The molecule has 5 heteroatoms. The standard InChI is InChI=1S/C10H16O5/c11-4-7-6-1-5(2-10(13)14)15-9(6)3-8(7)12/h5-9,11-12H,1-4H2,(H,13,14)/t5?,6-,7-,8-,9+/m1/s1. The molecule has 0 spiro atoms. The molecule has 3 N–H and O–H groups in total. The molecular formula is C10H16O5. The van der Waals surface area contributed by atoms with Gasteiger partial charge < -0.3 is 20.1 Å². The van der Waals surface area contributed by atoms with Crippen molar-refractivity contribution in [3.63, 3.8) is 0 Å². The van der Waals surface area contributed by atoms with Crippen LogP contribution in [0.25, 0.3) is 0 Å². The molecule has 1 aliphatic carbocycles. The molecule has 2 rings (SSSR count). The van der Waals surface area contributed by atoms with Crippen LogP contribution in [0.3, 0.4) is 0 Å². The molecule has 1 unspecified atom stereocenters. The van der Waals surface area contributed by atoms with E-state index in [1.807, 2.05) is 0 Å². The molecule has 0 bridgehead atoms. The third-order valence-corrected chi connectivity index (χ3v) is 3.51. The van der Waals surface area contributed by atoms with Crippen LogP contribution in [0.1, 0.15) is 19.3 Å². The first-order chi connectivity index (χ1) is 7.11. The van der Waals surface area contributed by atoms with Crippen LogP contribution < -0.4 is 0 Å². The van der Waals surface area contributed by atoms with Crippen molar-refractivity contribution in [2.24, 2.45) is 11.8 Å². The molecule has 1 saturated heterocycles. The maximum atomic E-state index is 10.5. The Labute approximate surface area is 87.7 Å². The van der Waals surface area contributed by atoms with Crippen LogP contribution in [-0.4, -0.2) is 46.2 Å². The Morgan fingerprint density at radius 3 is 2.73 bits per heavy atom. The fraction of sp³-hybridized carbons (Fsp3) is 0.900. The van der Waals surface area contributed by atoms with Gasteiger partial charge in [0, 0.05) is 18.9 Å². The summed E-state index contributed by atoms with van der Waals surface area (Å²) in [6.07, 6.45) is 0.350. The molecule has 2 aliphatic rings. The molecule has 0 radical (unpaired) electrons. The zero-order chi connectivity index (χ0) is 11.0. The molecule has 15 heavy (non-hydrogen) atoms. The molecule has 0 aromatic heterocycles. The van der Waals surface area contributed by atoms with Gasteiger partial charge in [-0.25, -0.2) is 0 Å². The first kappa shape index (κ1) is 10.9. The quantitative estimate of drug-likeness (QED) is 0.598. The minimum Gasteiger partial charge on any atom is -0.481 e. The Morgan fingerprint density at radius 2 is 2.13 bits per heavy atom. The summed E-state index contributed by atoms with van der Waals surface area (Å²) in [6.45, 7) is -0.0501. The van der Waals surface area contributed by atoms with Crippen molar-refractivity contribution in [3.05, 3.63) is 0 Å². The molecule has 2 fully saturated rings. The third-order valence-electron chi connectivity index (χ3n) is 3.51. The average Bonchev–Trinajstić information content (AvgIpc) is 2.59. The van der Waals surface area contributed by atoms with Gasteiger partial charge in [-0.1, -0.05) is 0 Å². The molecule has 0 aromatic rings. The third kappa shape index (κ3) is 2.00. The second kappa shape index (κ2) is 4.08. The second-order valence-electron chi connectivity index (χ2n) is 4.44. The summed E-state index contributed by atoms with van der Waals surface area (Å²) in [7, 11) is 0. The minimum atomic E-state index is -0.860. The number of rotatable bonds is 3. The van der Waals surface area contributed by atoms with Crippen molar-refractivity contribution in [2.75, 3.05) is 6.61 Å². The normalized spacial score (nSPS) is 44.3. The number of aliphatic hydroxyl groups excluding tert-OH is 2. The van der Waals surface area contributed by atoms with E-state index in [0.717, 1.165) is 0 Å². The number of fused-ring (bicyclic) bond motifs is 1. The summed E-state index contributed by atoms with van der Waals surface area (Å²) in [5.41, 5.74) is 0. The van der Waals surface area contributed by atoms with Gasteiger partial charge in [0.2, 0.25) is 0 Å². The van der Waals surface area contributed by atoms with E-state index in [4.69, 9.17) is 14.9 Å². The number of hydrogen-bond acceptors (Lipinski definition) is 4. The van der Waals surface area contributed by atoms with E-state index < -0.39 is 12.1 Å². The fourth-order valence-corrected chi connectivity index (χ4v) is 2.82. The lowest BCUT2D eigenvalue weighted by Crippen LogP contribution is -2.24. The van der Waals surface area contributed by atoms with Gasteiger partial charge in [0.15, 0.2) is 0 Å². The van der Waals surface area contributed by atoms with E-state index in [-0.39, 0.29) is 37.1 Å². The largest absolute Gasteiger partial charge is 0.481 e. The van der Waals surface area contributed by atoms with Crippen LogP contribution in [0, 0.1) is 11.8 Å². The van der Waals surface area contributed by atoms with E-state index in [2.05, 4.69) is 0 Å². The van der Waals surface area contributed by atoms with E-state index in [9.17, 15) is 9.90 Å². The van der Waals surface area contributed by atoms with E-state index in [1.54, 1.807) is 0 Å². The highest BCUT2D eigenvalue weighted by atomic mass is 16.5. The predicted molar refractivity (Wildman–Crippen MR) is 50.2 cm³/mol. The Morgan fingerprint density at radius 1 is 1.40 bits per heavy atom. The molecular weight excluding hydrogens is 200 g/mol. The lowest BCUT2D eigenvalue weighted by molar-refractivity contribution is -0.140. The lowest BCUT2D eigenvalue weighted by Gasteiger charge is -2.17. The number of aliphatic hydroxyl groups is 2. The zero-order valence-electron chi connectivity index (χ0n) is 8.37. The van der Waals surface area contributed by atoms with E-state index in [0.29, 0.717) is 12.8 Å². The maximum Gasteiger partial charge on any atom is 0.305 e. The van der Waals surface area contributed by atoms with Gasteiger partial charge >= 0.3 is 5.97 Å². The van der Waals surface area contributed by atoms with Crippen LogP contribution in [0.5, 0.6) is 0 Å². The zero-order valence-corrected chi connectivity index (χ0v) is 8.37. The molecule has 5 nitrogen and oxygen atoms in total. The van der Waals surface area contributed by atoms with E-state index in [1.165, 1.54) is 0 Å². The number of ether oxygens (including phenoxy) is 1. The topological polar surface area (TPSA) is 87.0 Å². The van der Waals surface area contributed by atoms with Crippen LogP contribution in [0.15, 0.2) is 0 Å². The SMILES string of the molecule is O=C(O)CC1C[C@@H]2[C@@H](CO)[C@H](O)C[C@@H]2O1. The Balaban J connectivity index is 1.96. The summed E-state index contributed by atoms with van der Waals surface area (Å²) in [5.74, 6) is -0.885. The lowest BCUT2D eigenvalue weighted by atomic mass is 9.91. The van der Waals surface area contributed by atoms with E-state index >= 15 is 0 Å². The molecule has 1 saturated carbocycles. The molecule has 5 atom stereocenters. The van der Waals surface area contributed by atoms with Crippen LogP contribution in [-0.2, 0) is 9.53 Å². The molecule has 86 valence electrons. The number of carbonyl (C=O) groups is 1. The van der Waals surface area contributed by atoms with Crippen molar-refractivity contribution >= 4 is 5.97 Å². The first-order valence-electron chi connectivity index (χ1n) is 5.28.